The van der Waals surface area contributed by atoms with Crippen LogP contribution in [0, 0.1) is 0 Å². The lowest BCUT2D eigenvalue weighted by atomic mass is 10.1. The van der Waals surface area contributed by atoms with Crippen molar-refractivity contribution in [3.63, 3.8) is 0 Å². The third-order valence-electron chi connectivity index (χ3n) is 4.59. The molecule has 28 heavy (non-hydrogen) atoms. The van der Waals surface area contributed by atoms with Crippen LogP contribution in [-0.2, 0) is 11.2 Å². The number of nitrogens with zero attached hydrogens (tertiary/aromatic N) is 5. The Labute approximate surface area is 160 Å². The summed E-state index contributed by atoms with van der Waals surface area (Å²) < 4.78 is 1.61. The van der Waals surface area contributed by atoms with E-state index in [-0.39, 0.29) is 30.7 Å². The zero-order chi connectivity index (χ0) is 19.5. The lowest BCUT2D eigenvalue weighted by molar-refractivity contribution is -0.121. The van der Waals surface area contributed by atoms with Gasteiger partial charge in [-0.05, 0) is 30.5 Å². The molecular weight excluding hydrogens is 360 g/mol. The van der Waals surface area contributed by atoms with Crippen molar-refractivity contribution in [2.45, 2.75) is 19.3 Å². The Morgan fingerprint density at radius 2 is 1.82 bits per heavy atom. The summed E-state index contributed by atoms with van der Waals surface area (Å²) in [6.45, 7) is 0.571. The van der Waals surface area contributed by atoms with Crippen LogP contribution in [0.1, 0.15) is 39.1 Å². The molecule has 4 rings (SSSR count). The number of aryl methyl sites for hydroxylation is 1. The number of amides is 3. The topological polar surface area (TPSA) is 110 Å². The fourth-order valence-electron chi connectivity index (χ4n) is 3.15. The third kappa shape index (κ3) is 3.46. The third-order valence-corrected chi connectivity index (χ3v) is 4.59. The van der Waals surface area contributed by atoms with Gasteiger partial charge in [0.1, 0.15) is 6.33 Å². The zero-order valence-electron chi connectivity index (χ0n) is 15.0. The SMILES string of the molecule is O=C(CCN1C(=O)c2ccccc2C1=O)NCCCc1cnc2ncnn2c1. The van der Waals surface area contributed by atoms with Crippen LogP contribution in [0.3, 0.4) is 0 Å². The van der Waals surface area contributed by atoms with Crippen molar-refractivity contribution in [2.24, 2.45) is 0 Å². The van der Waals surface area contributed by atoms with Gasteiger partial charge in [0.2, 0.25) is 5.91 Å². The second-order valence-electron chi connectivity index (χ2n) is 6.48. The Hall–Kier alpha value is -3.62. The minimum absolute atomic E-state index is 0.0745. The molecule has 0 saturated heterocycles. The van der Waals surface area contributed by atoms with Crippen LogP contribution in [-0.4, -0.2) is 55.3 Å². The number of imide groups is 1. The average molecular weight is 378 g/mol. The van der Waals surface area contributed by atoms with E-state index in [1.54, 1.807) is 35.0 Å². The highest BCUT2D eigenvalue weighted by atomic mass is 16.2. The largest absolute Gasteiger partial charge is 0.356 e. The van der Waals surface area contributed by atoms with E-state index in [0.717, 1.165) is 23.3 Å². The number of fused-ring (bicyclic) bond motifs is 2. The van der Waals surface area contributed by atoms with Crippen LogP contribution in [0.2, 0.25) is 0 Å². The predicted octanol–water partition coefficient (Wildman–Crippen LogP) is 0.859. The average Bonchev–Trinajstić information content (AvgIpc) is 3.27. The Kier molecular flexibility index (Phi) is 4.79. The lowest BCUT2D eigenvalue weighted by Crippen LogP contribution is -2.34. The summed E-state index contributed by atoms with van der Waals surface area (Å²) in [5.41, 5.74) is 1.79. The van der Waals surface area contributed by atoms with E-state index in [0.29, 0.717) is 23.4 Å². The van der Waals surface area contributed by atoms with Crippen LogP contribution in [0.15, 0.2) is 43.0 Å². The van der Waals surface area contributed by atoms with Crippen molar-refractivity contribution < 1.29 is 14.4 Å². The highest BCUT2D eigenvalue weighted by Gasteiger charge is 2.34. The van der Waals surface area contributed by atoms with Gasteiger partial charge in [-0.3, -0.25) is 19.3 Å². The molecule has 1 aliphatic rings. The molecule has 0 aliphatic carbocycles. The molecule has 142 valence electrons. The van der Waals surface area contributed by atoms with Gasteiger partial charge in [-0.1, -0.05) is 12.1 Å². The van der Waals surface area contributed by atoms with Crippen molar-refractivity contribution in [3.05, 3.63) is 59.7 Å². The number of aromatic nitrogens is 4. The summed E-state index contributed by atoms with van der Waals surface area (Å²) in [5, 5.41) is 6.86. The molecule has 3 aromatic rings. The van der Waals surface area contributed by atoms with Gasteiger partial charge in [-0.15, -0.1) is 0 Å². The fraction of sp³-hybridized carbons (Fsp3) is 0.263. The van der Waals surface area contributed by atoms with Gasteiger partial charge in [0.25, 0.3) is 17.6 Å². The van der Waals surface area contributed by atoms with E-state index in [1.807, 2.05) is 6.20 Å². The van der Waals surface area contributed by atoms with Crippen LogP contribution in [0.5, 0.6) is 0 Å². The summed E-state index contributed by atoms with van der Waals surface area (Å²) in [4.78, 5) is 45.9. The first kappa shape index (κ1) is 17.8. The number of rotatable bonds is 7. The monoisotopic (exact) mass is 378 g/mol. The van der Waals surface area contributed by atoms with Gasteiger partial charge in [0, 0.05) is 31.9 Å². The molecule has 1 aromatic carbocycles. The first-order valence-corrected chi connectivity index (χ1v) is 8.99. The van der Waals surface area contributed by atoms with Crippen molar-refractivity contribution >= 4 is 23.5 Å². The minimum atomic E-state index is -0.343. The molecule has 0 radical (unpaired) electrons. The highest BCUT2D eigenvalue weighted by Crippen LogP contribution is 2.22. The number of hydrogen-bond acceptors (Lipinski definition) is 6. The minimum Gasteiger partial charge on any atom is -0.356 e. The maximum Gasteiger partial charge on any atom is 0.261 e. The smallest absolute Gasteiger partial charge is 0.261 e. The summed E-state index contributed by atoms with van der Waals surface area (Å²) in [5.74, 6) is -0.333. The second kappa shape index (κ2) is 7.55. The van der Waals surface area contributed by atoms with Gasteiger partial charge < -0.3 is 5.32 Å². The fourth-order valence-corrected chi connectivity index (χ4v) is 3.15. The van der Waals surface area contributed by atoms with Gasteiger partial charge in [-0.2, -0.15) is 10.1 Å². The van der Waals surface area contributed by atoms with E-state index in [4.69, 9.17) is 0 Å². The van der Waals surface area contributed by atoms with E-state index >= 15 is 0 Å². The van der Waals surface area contributed by atoms with Gasteiger partial charge >= 0.3 is 0 Å². The molecular formula is C19H18N6O3. The van der Waals surface area contributed by atoms with E-state index in [9.17, 15) is 14.4 Å². The molecule has 0 fully saturated rings. The van der Waals surface area contributed by atoms with Gasteiger partial charge in [0.05, 0.1) is 11.1 Å². The first-order valence-electron chi connectivity index (χ1n) is 8.99. The van der Waals surface area contributed by atoms with Gasteiger partial charge in [0.15, 0.2) is 0 Å². The molecule has 3 heterocycles. The first-order chi connectivity index (χ1) is 13.6. The Morgan fingerprint density at radius 1 is 1.07 bits per heavy atom. The summed E-state index contributed by atoms with van der Waals surface area (Å²) in [6, 6.07) is 6.69. The number of nitrogens with one attached hydrogen (secondary N) is 1. The van der Waals surface area contributed by atoms with E-state index in [2.05, 4.69) is 20.4 Å². The molecule has 2 aromatic heterocycles. The predicted molar refractivity (Wildman–Crippen MR) is 98.5 cm³/mol. The maximum absolute atomic E-state index is 12.3. The van der Waals surface area contributed by atoms with Crippen molar-refractivity contribution in [1.82, 2.24) is 29.8 Å². The van der Waals surface area contributed by atoms with Crippen LogP contribution in [0.4, 0.5) is 0 Å². The summed E-state index contributed by atoms with van der Waals surface area (Å²) in [6.07, 6.45) is 6.61. The molecule has 0 spiro atoms. The molecule has 1 aliphatic heterocycles. The van der Waals surface area contributed by atoms with Crippen molar-refractivity contribution in [1.29, 1.82) is 0 Å². The molecule has 0 unspecified atom stereocenters. The van der Waals surface area contributed by atoms with Crippen molar-refractivity contribution in [3.8, 4) is 0 Å². The van der Waals surface area contributed by atoms with E-state index < -0.39 is 0 Å². The van der Waals surface area contributed by atoms with Crippen LogP contribution >= 0.6 is 0 Å². The maximum atomic E-state index is 12.3. The van der Waals surface area contributed by atoms with Crippen LogP contribution in [0.25, 0.3) is 5.78 Å². The molecule has 9 nitrogen and oxygen atoms in total. The Bertz CT molecular complexity index is 1030. The number of carbonyl (C=O) groups excluding carboxylic acids is 3. The van der Waals surface area contributed by atoms with Crippen molar-refractivity contribution in [2.75, 3.05) is 13.1 Å². The second-order valence-corrected chi connectivity index (χ2v) is 6.48. The molecule has 1 N–H and O–H groups in total. The molecule has 3 amide bonds. The number of benzene rings is 1. The van der Waals surface area contributed by atoms with Crippen LogP contribution < -0.4 is 5.32 Å². The molecule has 0 saturated carbocycles. The lowest BCUT2D eigenvalue weighted by Gasteiger charge is -2.13. The number of hydrogen-bond donors (Lipinski definition) is 1. The zero-order valence-corrected chi connectivity index (χ0v) is 15.0. The highest BCUT2D eigenvalue weighted by molar-refractivity contribution is 6.21. The standard InChI is InChI=1S/C19H18N6O3/c26-16(7-9-24-17(27)14-5-1-2-6-15(14)18(24)28)20-8-3-4-13-10-21-19-22-12-23-25(19)11-13/h1-2,5-6,10-12H,3-4,7-9H2,(H,20,26). The normalized spacial score (nSPS) is 13.2. The molecule has 0 bridgehead atoms. The Balaban J connectivity index is 1.21. The summed E-state index contributed by atoms with van der Waals surface area (Å²) in [7, 11) is 0. The van der Waals surface area contributed by atoms with Gasteiger partial charge in [-0.25, -0.2) is 9.50 Å². The van der Waals surface area contributed by atoms with E-state index in [1.165, 1.54) is 6.33 Å². The quantitative estimate of drug-likeness (QED) is 0.482. The summed E-state index contributed by atoms with van der Waals surface area (Å²) >= 11 is 0. The number of carbonyl (C=O) groups is 3. The molecule has 0 atom stereocenters. The Morgan fingerprint density at radius 3 is 2.57 bits per heavy atom. The molecule has 9 heteroatoms.